The van der Waals surface area contributed by atoms with E-state index in [2.05, 4.69) is 22.0 Å². The first-order chi connectivity index (χ1) is 9.22. The van der Waals surface area contributed by atoms with E-state index in [1.807, 2.05) is 11.8 Å². The number of nitrogens with zero attached hydrogens (tertiary/aromatic N) is 2. The third-order valence-corrected chi connectivity index (χ3v) is 6.09. The van der Waals surface area contributed by atoms with Crippen molar-refractivity contribution in [2.75, 3.05) is 45.0 Å². The molecule has 1 amide bonds. The van der Waals surface area contributed by atoms with E-state index >= 15 is 0 Å². The van der Waals surface area contributed by atoms with Crippen LogP contribution < -0.4 is 5.32 Å². The second kappa shape index (κ2) is 5.62. The molecule has 0 aromatic heterocycles. The standard InChI is InChI=1S/C14H25N3OS/c1-2-19-14(4-5-14)11-15-13(18)12-10-16-6-3-7-17(12)9-8-16/h12H,2-11H2,1H3,(H,15,18). The molecule has 4 rings (SSSR count). The first-order valence-electron chi connectivity index (χ1n) is 7.60. The van der Waals surface area contributed by atoms with E-state index in [1.165, 1.54) is 19.3 Å². The van der Waals surface area contributed by atoms with Crippen molar-refractivity contribution < 1.29 is 4.79 Å². The highest BCUT2D eigenvalue weighted by Gasteiger charge is 2.43. The number of rotatable bonds is 5. The topological polar surface area (TPSA) is 35.6 Å². The van der Waals surface area contributed by atoms with Crippen molar-refractivity contribution in [3.63, 3.8) is 0 Å². The maximum Gasteiger partial charge on any atom is 0.238 e. The van der Waals surface area contributed by atoms with Gasteiger partial charge in [0.1, 0.15) is 6.04 Å². The predicted molar refractivity (Wildman–Crippen MR) is 79.5 cm³/mol. The van der Waals surface area contributed by atoms with Gasteiger partial charge in [0, 0.05) is 37.5 Å². The zero-order chi connectivity index (χ0) is 13.3. The van der Waals surface area contributed by atoms with Crippen LogP contribution in [0.2, 0.25) is 0 Å². The first-order valence-corrected chi connectivity index (χ1v) is 8.59. The minimum absolute atomic E-state index is 0.0960. The second-order valence-electron chi connectivity index (χ2n) is 6.04. The average Bonchev–Trinajstić information content (AvgIpc) is 3.21. The Hall–Kier alpha value is -0.260. The quantitative estimate of drug-likeness (QED) is 0.809. The van der Waals surface area contributed by atoms with Gasteiger partial charge in [0.05, 0.1) is 0 Å². The van der Waals surface area contributed by atoms with Crippen LogP contribution >= 0.6 is 11.8 Å². The van der Waals surface area contributed by atoms with Gasteiger partial charge in [-0.1, -0.05) is 6.92 Å². The van der Waals surface area contributed by atoms with E-state index in [4.69, 9.17) is 0 Å². The van der Waals surface area contributed by atoms with Gasteiger partial charge in [-0.15, -0.1) is 0 Å². The molecule has 3 saturated heterocycles. The Labute approximate surface area is 120 Å². The Morgan fingerprint density at radius 2 is 2.16 bits per heavy atom. The Morgan fingerprint density at radius 1 is 1.32 bits per heavy atom. The highest BCUT2D eigenvalue weighted by molar-refractivity contribution is 8.00. The van der Waals surface area contributed by atoms with Crippen molar-refractivity contribution in [1.82, 2.24) is 15.1 Å². The molecule has 1 aliphatic carbocycles. The Bertz CT molecular complexity index is 342. The van der Waals surface area contributed by atoms with Crippen LogP contribution in [0.3, 0.4) is 0 Å². The van der Waals surface area contributed by atoms with Crippen molar-refractivity contribution in [2.45, 2.75) is 37.0 Å². The number of piperazine rings is 1. The lowest BCUT2D eigenvalue weighted by Gasteiger charge is -2.36. The highest BCUT2D eigenvalue weighted by Crippen LogP contribution is 2.47. The fraction of sp³-hybridized carbons (Fsp3) is 0.929. The van der Waals surface area contributed by atoms with Gasteiger partial charge in [0.25, 0.3) is 0 Å². The van der Waals surface area contributed by atoms with Gasteiger partial charge in [-0.05, 0) is 31.6 Å². The van der Waals surface area contributed by atoms with Crippen LogP contribution in [0.15, 0.2) is 0 Å². The SMILES string of the molecule is CCSC1(CNC(=O)C2CN3CCCN2CC3)CC1. The van der Waals surface area contributed by atoms with Gasteiger partial charge >= 0.3 is 0 Å². The number of carbonyl (C=O) groups excluding carboxylic acids is 1. The van der Waals surface area contributed by atoms with Gasteiger partial charge in [0.15, 0.2) is 0 Å². The van der Waals surface area contributed by atoms with E-state index in [0.717, 1.165) is 45.0 Å². The molecule has 3 unspecified atom stereocenters. The molecule has 4 fully saturated rings. The molecule has 1 saturated carbocycles. The molecule has 5 heteroatoms. The summed E-state index contributed by atoms with van der Waals surface area (Å²) < 4.78 is 0.379. The molecular weight excluding hydrogens is 258 g/mol. The van der Waals surface area contributed by atoms with Gasteiger partial charge in [-0.25, -0.2) is 0 Å². The number of nitrogens with one attached hydrogen (secondary N) is 1. The van der Waals surface area contributed by atoms with Crippen molar-refractivity contribution in [1.29, 1.82) is 0 Å². The monoisotopic (exact) mass is 283 g/mol. The minimum atomic E-state index is 0.0960. The van der Waals surface area contributed by atoms with Crippen molar-refractivity contribution in [3.8, 4) is 0 Å². The predicted octanol–water partition coefficient (Wildman–Crippen LogP) is 0.778. The lowest BCUT2D eigenvalue weighted by molar-refractivity contribution is -0.128. The first kappa shape index (κ1) is 13.7. The lowest BCUT2D eigenvalue weighted by atomic mass is 10.1. The number of amides is 1. The summed E-state index contributed by atoms with van der Waals surface area (Å²) in [7, 11) is 0. The zero-order valence-electron chi connectivity index (χ0n) is 11.9. The summed E-state index contributed by atoms with van der Waals surface area (Å²) in [4.78, 5) is 17.3. The maximum absolute atomic E-state index is 12.4. The van der Waals surface area contributed by atoms with Gasteiger partial charge < -0.3 is 5.32 Å². The van der Waals surface area contributed by atoms with Crippen LogP contribution in [0, 0.1) is 0 Å². The number of carbonyl (C=O) groups is 1. The normalized spacial score (nSPS) is 35.7. The minimum Gasteiger partial charge on any atom is -0.353 e. The Kier molecular flexibility index (Phi) is 4.06. The molecule has 108 valence electrons. The molecule has 4 aliphatic rings. The molecule has 0 radical (unpaired) electrons. The van der Waals surface area contributed by atoms with Crippen LogP contribution in [-0.4, -0.2) is 71.5 Å². The van der Waals surface area contributed by atoms with E-state index in [9.17, 15) is 4.79 Å². The molecule has 1 N–H and O–H groups in total. The molecule has 0 aromatic carbocycles. The molecule has 0 spiro atoms. The van der Waals surface area contributed by atoms with Crippen molar-refractivity contribution >= 4 is 17.7 Å². The summed E-state index contributed by atoms with van der Waals surface area (Å²) >= 11 is 2.01. The van der Waals surface area contributed by atoms with E-state index < -0.39 is 0 Å². The molecule has 3 heterocycles. The molecular formula is C14H25N3OS. The summed E-state index contributed by atoms with van der Waals surface area (Å²) in [6.07, 6.45) is 3.75. The van der Waals surface area contributed by atoms with E-state index in [0.29, 0.717) is 4.75 Å². The van der Waals surface area contributed by atoms with Crippen molar-refractivity contribution in [2.24, 2.45) is 0 Å². The number of hydrogen-bond donors (Lipinski definition) is 1. The molecule has 3 atom stereocenters. The Morgan fingerprint density at radius 3 is 2.89 bits per heavy atom. The maximum atomic E-state index is 12.4. The van der Waals surface area contributed by atoms with Crippen LogP contribution in [0.25, 0.3) is 0 Å². The fourth-order valence-electron chi connectivity index (χ4n) is 3.28. The third kappa shape index (κ3) is 3.09. The summed E-state index contributed by atoms with van der Waals surface area (Å²) in [6, 6.07) is 0.0960. The van der Waals surface area contributed by atoms with Gasteiger partial charge in [-0.2, -0.15) is 11.8 Å². The number of thioether (sulfide) groups is 1. The zero-order valence-corrected chi connectivity index (χ0v) is 12.7. The Balaban J connectivity index is 1.53. The highest BCUT2D eigenvalue weighted by atomic mass is 32.2. The summed E-state index contributed by atoms with van der Waals surface area (Å²) in [5.74, 6) is 1.41. The molecule has 3 aliphatic heterocycles. The van der Waals surface area contributed by atoms with E-state index in [-0.39, 0.29) is 11.9 Å². The largest absolute Gasteiger partial charge is 0.353 e. The van der Waals surface area contributed by atoms with Crippen molar-refractivity contribution in [3.05, 3.63) is 0 Å². The lowest BCUT2D eigenvalue weighted by Crippen LogP contribution is -2.57. The smallest absolute Gasteiger partial charge is 0.238 e. The third-order valence-electron chi connectivity index (χ3n) is 4.64. The fourth-order valence-corrected chi connectivity index (χ4v) is 4.46. The number of hydrogen-bond acceptors (Lipinski definition) is 4. The second-order valence-corrected chi connectivity index (χ2v) is 7.77. The van der Waals surface area contributed by atoms with Gasteiger partial charge in [0.2, 0.25) is 5.91 Å². The summed E-state index contributed by atoms with van der Waals surface area (Å²) in [5.41, 5.74) is 0. The van der Waals surface area contributed by atoms with Crippen LogP contribution in [0.4, 0.5) is 0 Å². The van der Waals surface area contributed by atoms with Crippen LogP contribution in [0.1, 0.15) is 26.2 Å². The van der Waals surface area contributed by atoms with Crippen LogP contribution in [-0.2, 0) is 4.79 Å². The molecule has 0 aromatic rings. The van der Waals surface area contributed by atoms with Gasteiger partial charge in [-0.3, -0.25) is 14.6 Å². The summed E-state index contributed by atoms with van der Waals surface area (Å²) in [5, 5.41) is 3.22. The molecule has 4 nitrogen and oxygen atoms in total. The molecule has 2 bridgehead atoms. The summed E-state index contributed by atoms with van der Waals surface area (Å²) in [6.45, 7) is 8.45. The van der Waals surface area contributed by atoms with E-state index in [1.54, 1.807) is 0 Å². The number of fused-ring (bicyclic) bond motifs is 4. The van der Waals surface area contributed by atoms with Crippen LogP contribution in [0.5, 0.6) is 0 Å². The average molecular weight is 283 g/mol. The molecule has 19 heavy (non-hydrogen) atoms.